The number of hydrogen-bond acceptors (Lipinski definition) is 4. The second kappa shape index (κ2) is 6.72. The number of aromatic nitrogens is 2. The normalized spacial score (nSPS) is 17.3. The Bertz CT molecular complexity index is 988. The number of fused-ring (bicyclic) bond motifs is 2. The van der Waals surface area contributed by atoms with Crippen LogP contribution in [0.3, 0.4) is 0 Å². The van der Waals surface area contributed by atoms with Crippen LogP contribution in [0.5, 0.6) is 0 Å². The van der Waals surface area contributed by atoms with Gasteiger partial charge in [0, 0.05) is 17.1 Å². The first kappa shape index (κ1) is 17.0. The van der Waals surface area contributed by atoms with Crippen molar-refractivity contribution in [3.05, 3.63) is 59.9 Å². The van der Waals surface area contributed by atoms with E-state index in [2.05, 4.69) is 23.0 Å². The minimum absolute atomic E-state index is 0.132. The van der Waals surface area contributed by atoms with Crippen molar-refractivity contribution in [1.82, 2.24) is 9.97 Å². The Labute approximate surface area is 157 Å². The van der Waals surface area contributed by atoms with Gasteiger partial charge in [-0.25, -0.2) is 9.97 Å². The average Bonchev–Trinajstić information content (AvgIpc) is 2.96. The van der Waals surface area contributed by atoms with E-state index >= 15 is 0 Å². The molecule has 0 saturated heterocycles. The second-order valence-corrected chi connectivity index (χ2v) is 8.07. The molecule has 4 rings (SSSR count). The molecule has 2 heterocycles. The van der Waals surface area contributed by atoms with E-state index in [1.807, 2.05) is 61.2 Å². The smallest absolute Gasteiger partial charge is 0.240 e. The van der Waals surface area contributed by atoms with E-state index in [0.29, 0.717) is 0 Å². The number of anilines is 1. The zero-order chi connectivity index (χ0) is 18.3. The highest BCUT2D eigenvalue weighted by Crippen LogP contribution is 2.35. The van der Waals surface area contributed by atoms with Crippen LogP contribution < -0.4 is 4.90 Å². The van der Waals surface area contributed by atoms with Gasteiger partial charge in [-0.3, -0.25) is 4.79 Å². The number of rotatable bonds is 3. The third kappa shape index (κ3) is 2.97. The number of hydrogen-bond donors (Lipinski definition) is 0. The second-order valence-electron chi connectivity index (χ2n) is 6.74. The minimum Gasteiger partial charge on any atom is -0.308 e. The maximum absolute atomic E-state index is 13.2. The molecule has 0 spiro atoms. The van der Waals surface area contributed by atoms with Crippen LogP contribution >= 0.6 is 11.8 Å². The molecule has 0 radical (unpaired) electrons. The Morgan fingerprint density at radius 3 is 2.73 bits per heavy atom. The fraction of sp³-hybridized carbons (Fsp3) is 0.286. The summed E-state index contributed by atoms with van der Waals surface area (Å²) in [5.41, 5.74) is 3.21. The summed E-state index contributed by atoms with van der Waals surface area (Å²) >= 11 is 1.52. The van der Waals surface area contributed by atoms with E-state index in [0.717, 1.165) is 33.9 Å². The standard InChI is InChI=1S/C21H21N3OS/c1-13-12-16-8-4-7-11-19(16)24(13)21(25)14(2)26-20-17-9-5-6-10-18(17)22-15(3)23-20/h4-11,13-14H,12H2,1-3H3/t13-,14+/m1/s1. The number of aryl methyl sites for hydroxylation is 1. The molecule has 1 aromatic heterocycles. The summed E-state index contributed by atoms with van der Waals surface area (Å²) in [4.78, 5) is 24.2. The maximum atomic E-state index is 13.2. The zero-order valence-electron chi connectivity index (χ0n) is 15.1. The van der Waals surface area contributed by atoms with Gasteiger partial charge in [-0.1, -0.05) is 48.2 Å². The van der Waals surface area contributed by atoms with Crippen LogP contribution in [-0.2, 0) is 11.2 Å². The van der Waals surface area contributed by atoms with E-state index < -0.39 is 0 Å². The van der Waals surface area contributed by atoms with Crippen LogP contribution in [0.4, 0.5) is 5.69 Å². The largest absolute Gasteiger partial charge is 0.308 e. The van der Waals surface area contributed by atoms with E-state index in [1.165, 1.54) is 17.3 Å². The number of carbonyl (C=O) groups is 1. The molecule has 1 aliphatic rings. The van der Waals surface area contributed by atoms with Crippen molar-refractivity contribution < 1.29 is 4.79 Å². The molecule has 0 bridgehead atoms. The molecule has 0 fully saturated rings. The lowest BCUT2D eigenvalue weighted by Crippen LogP contribution is -2.40. The Balaban J connectivity index is 1.63. The number of amides is 1. The van der Waals surface area contributed by atoms with Crippen LogP contribution in [0.2, 0.25) is 0 Å². The van der Waals surface area contributed by atoms with E-state index in [1.54, 1.807) is 0 Å². The molecule has 4 nitrogen and oxygen atoms in total. The van der Waals surface area contributed by atoms with Gasteiger partial charge in [0.25, 0.3) is 0 Å². The van der Waals surface area contributed by atoms with Gasteiger partial charge in [-0.05, 0) is 44.9 Å². The first-order valence-electron chi connectivity index (χ1n) is 8.85. The van der Waals surface area contributed by atoms with Gasteiger partial charge in [0.15, 0.2) is 0 Å². The van der Waals surface area contributed by atoms with Crippen molar-refractivity contribution >= 4 is 34.3 Å². The van der Waals surface area contributed by atoms with Crippen LogP contribution in [0, 0.1) is 6.92 Å². The summed E-state index contributed by atoms with van der Waals surface area (Å²) in [6, 6.07) is 16.3. The quantitative estimate of drug-likeness (QED) is 0.511. The summed E-state index contributed by atoms with van der Waals surface area (Å²) < 4.78 is 0. The Hall–Kier alpha value is -2.40. The predicted molar refractivity (Wildman–Crippen MR) is 107 cm³/mol. The molecular formula is C21H21N3OS. The van der Waals surface area contributed by atoms with Gasteiger partial charge in [0.2, 0.25) is 5.91 Å². The summed E-state index contributed by atoms with van der Waals surface area (Å²) in [5.74, 6) is 0.860. The number of thioether (sulfide) groups is 1. The number of carbonyl (C=O) groups excluding carboxylic acids is 1. The van der Waals surface area contributed by atoms with Crippen LogP contribution in [-0.4, -0.2) is 27.2 Å². The lowest BCUT2D eigenvalue weighted by atomic mass is 10.1. The highest BCUT2D eigenvalue weighted by atomic mass is 32.2. The Morgan fingerprint density at radius 1 is 1.15 bits per heavy atom. The topological polar surface area (TPSA) is 46.1 Å². The fourth-order valence-corrected chi connectivity index (χ4v) is 4.60. The van der Waals surface area contributed by atoms with E-state index in [9.17, 15) is 4.79 Å². The van der Waals surface area contributed by atoms with Crippen molar-refractivity contribution in [2.24, 2.45) is 0 Å². The van der Waals surface area contributed by atoms with Crippen LogP contribution in [0.25, 0.3) is 10.9 Å². The summed E-state index contributed by atoms with van der Waals surface area (Å²) in [6.07, 6.45) is 0.912. The maximum Gasteiger partial charge on any atom is 0.240 e. The molecule has 3 aromatic rings. The summed E-state index contributed by atoms with van der Waals surface area (Å²) in [7, 11) is 0. The molecule has 2 atom stereocenters. The summed E-state index contributed by atoms with van der Waals surface area (Å²) in [6.45, 7) is 5.97. The van der Waals surface area contributed by atoms with Crippen molar-refractivity contribution in [1.29, 1.82) is 0 Å². The molecular weight excluding hydrogens is 342 g/mol. The molecule has 0 saturated carbocycles. The van der Waals surface area contributed by atoms with Crippen molar-refractivity contribution in [3.8, 4) is 0 Å². The van der Waals surface area contributed by atoms with Gasteiger partial charge in [-0.15, -0.1) is 0 Å². The van der Waals surface area contributed by atoms with E-state index in [4.69, 9.17) is 0 Å². The zero-order valence-corrected chi connectivity index (χ0v) is 16.0. The molecule has 2 aromatic carbocycles. The van der Waals surface area contributed by atoms with Gasteiger partial charge in [0.1, 0.15) is 10.9 Å². The number of para-hydroxylation sites is 2. The van der Waals surface area contributed by atoms with Gasteiger partial charge < -0.3 is 4.90 Å². The molecule has 26 heavy (non-hydrogen) atoms. The van der Waals surface area contributed by atoms with Gasteiger partial charge in [-0.2, -0.15) is 0 Å². The SMILES string of the molecule is Cc1nc(S[C@@H](C)C(=O)N2c3ccccc3C[C@H]2C)c2ccccc2n1. The van der Waals surface area contributed by atoms with Gasteiger partial charge in [0.05, 0.1) is 10.8 Å². The minimum atomic E-state index is -0.221. The van der Waals surface area contributed by atoms with Crippen LogP contribution in [0.15, 0.2) is 53.6 Å². The first-order chi connectivity index (χ1) is 12.5. The lowest BCUT2D eigenvalue weighted by molar-refractivity contribution is -0.118. The van der Waals surface area contributed by atoms with Gasteiger partial charge >= 0.3 is 0 Å². The molecule has 0 aliphatic carbocycles. The average molecular weight is 363 g/mol. The van der Waals surface area contributed by atoms with Crippen molar-refractivity contribution in [2.45, 2.75) is 43.5 Å². The Morgan fingerprint density at radius 2 is 1.88 bits per heavy atom. The van der Waals surface area contributed by atoms with E-state index in [-0.39, 0.29) is 17.2 Å². The molecule has 5 heteroatoms. The third-order valence-electron chi connectivity index (χ3n) is 4.76. The molecule has 1 aliphatic heterocycles. The highest BCUT2D eigenvalue weighted by molar-refractivity contribution is 8.00. The molecule has 132 valence electrons. The number of nitrogens with zero attached hydrogens (tertiary/aromatic N) is 3. The van der Waals surface area contributed by atoms with Crippen molar-refractivity contribution in [3.63, 3.8) is 0 Å². The van der Waals surface area contributed by atoms with Crippen LogP contribution in [0.1, 0.15) is 25.2 Å². The third-order valence-corrected chi connectivity index (χ3v) is 5.85. The Kier molecular flexibility index (Phi) is 4.41. The number of benzene rings is 2. The summed E-state index contributed by atoms with van der Waals surface area (Å²) in [5, 5.41) is 1.65. The monoisotopic (exact) mass is 363 g/mol. The fourth-order valence-electron chi connectivity index (χ4n) is 3.56. The molecule has 1 amide bonds. The first-order valence-corrected chi connectivity index (χ1v) is 9.73. The molecule has 0 unspecified atom stereocenters. The molecule has 0 N–H and O–H groups in total. The van der Waals surface area contributed by atoms with Crippen molar-refractivity contribution in [2.75, 3.05) is 4.90 Å². The highest BCUT2D eigenvalue weighted by Gasteiger charge is 2.33. The lowest BCUT2D eigenvalue weighted by Gasteiger charge is -2.26. The predicted octanol–water partition coefficient (Wildman–Crippen LogP) is 4.40.